The summed E-state index contributed by atoms with van der Waals surface area (Å²) in [5.41, 5.74) is 0. The van der Waals surface area contributed by atoms with Crippen molar-refractivity contribution in [3.8, 4) is 5.75 Å². The van der Waals surface area contributed by atoms with Gasteiger partial charge in [-0.25, -0.2) is 5.26 Å². The lowest BCUT2D eigenvalue weighted by atomic mass is 10.1. The number of phenols is 1. The second-order valence-corrected chi connectivity index (χ2v) is 5.69. The molecule has 102 valence electrons. The third-order valence-corrected chi connectivity index (χ3v) is 3.79. The van der Waals surface area contributed by atoms with Crippen LogP contribution in [-0.4, -0.2) is 23.3 Å². The number of hydrogen-bond donors (Lipinski definition) is 3. The van der Waals surface area contributed by atoms with Crippen molar-refractivity contribution in [2.45, 2.75) is 9.79 Å². The van der Waals surface area contributed by atoms with E-state index in [4.69, 9.17) is 9.81 Å². The molecular formula is C10H8O7S2. The normalized spacial score (nSPS) is 11.9. The van der Waals surface area contributed by atoms with Gasteiger partial charge in [0.2, 0.25) is 0 Å². The molecule has 0 aromatic heterocycles. The highest BCUT2D eigenvalue weighted by molar-refractivity contribution is 7.94. The molecule has 3 N–H and O–H groups in total. The lowest BCUT2D eigenvalue weighted by molar-refractivity contribution is -0.432. The number of rotatable bonds is 4. The largest absolute Gasteiger partial charge is 0.506 e. The predicted octanol–water partition coefficient (Wildman–Crippen LogP) is 2.22. The van der Waals surface area contributed by atoms with Gasteiger partial charge in [0.05, 0.1) is 12.0 Å². The minimum Gasteiger partial charge on any atom is -0.506 e. The Morgan fingerprint density at radius 1 is 1.11 bits per heavy atom. The fraction of sp³-hybridized carbons (Fsp3) is 0. The van der Waals surface area contributed by atoms with Crippen LogP contribution in [0.2, 0.25) is 0 Å². The molecule has 0 spiro atoms. The van der Waals surface area contributed by atoms with E-state index >= 15 is 0 Å². The molecule has 2 aromatic rings. The molecule has 0 radical (unpaired) electrons. The van der Waals surface area contributed by atoms with Gasteiger partial charge in [-0.3, -0.25) is 4.55 Å². The summed E-state index contributed by atoms with van der Waals surface area (Å²) in [6.07, 6.45) is 0. The second-order valence-electron chi connectivity index (χ2n) is 3.53. The minimum absolute atomic E-state index is 0.456. The van der Waals surface area contributed by atoms with Crippen molar-refractivity contribution in [3.63, 3.8) is 0 Å². The van der Waals surface area contributed by atoms with Gasteiger partial charge in [0.15, 0.2) is 0 Å². The van der Waals surface area contributed by atoms with Crippen molar-refractivity contribution >= 4 is 32.9 Å². The monoisotopic (exact) mass is 304 g/mol. The molecule has 0 amide bonds. The van der Waals surface area contributed by atoms with Crippen LogP contribution in [0.5, 0.6) is 5.75 Å². The molecule has 9 heteroatoms. The second kappa shape index (κ2) is 5.33. The van der Waals surface area contributed by atoms with E-state index < -0.39 is 20.8 Å². The van der Waals surface area contributed by atoms with Crippen LogP contribution in [0.25, 0.3) is 10.8 Å². The first-order valence-corrected chi connectivity index (χ1v) is 6.99. The van der Waals surface area contributed by atoms with Crippen LogP contribution >= 0.6 is 12.0 Å². The molecule has 0 aliphatic rings. The van der Waals surface area contributed by atoms with Gasteiger partial charge in [0.1, 0.15) is 10.6 Å². The molecule has 0 aliphatic heterocycles. The van der Waals surface area contributed by atoms with Crippen LogP contribution in [0.4, 0.5) is 0 Å². The molecule has 0 saturated carbocycles. The average Bonchev–Trinajstić information content (AvgIpc) is 2.34. The van der Waals surface area contributed by atoms with E-state index in [2.05, 4.69) is 9.37 Å². The molecule has 0 unspecified atom stereocenters. The summed E-state index contributed by atoms with van der Waals surface area (Å²) in [7, 11) is -4.51. The fourth-order valence-electron chi connectivity index (χ4n) is 1.56. The van der Waals surface area contributed by atoms with Gasteiger partial charge in [-0.1, -0.05) is 11.1 Å². The van der Waals surface area contributed by atoms with Crippen LogP contribution in [0, 0.1) is 0 Å². The summed E-state index contributed by atoms with van der Waals surface area (Å²) in [4.78, 5) is -0.0602. The highest BCUT2D eigenvalue weighted by atomic mass is 32.2. The Kier molecular flexibility index (Phi) is 3.94. The van der Waals surface area contributed by atoms with Crippen LogP contribution in [0.15, 0.2) is 40.1 Å². The Morgan fingerprint density at radius 2 is 1.84 bits per heavy atom. The van der Waals surface area contributed by atoms with Gasteiger partial charge in [0, 0.05) is 4.90 Å². The predicted molar refractivity (Wildman–Crippen MR) is 66.1 cm³/mol. The number of aromatic hydroxyl groups is 1. The Labute approximate surface area is 112 Å². The number of fused-ring (bicyclic) bond motifs is 1. The van der Waals surface area contributed by atoms with E-state index in [-0.39, 0.29) is 0 Å². The zero-order chi connectivity index (χ0) is 14.0. The van der Waals surface area contributed by atoms with Crippen molar-refractivity contribution in [1.29, 1.82) is 0 Å². The number of benzene rings is 2. The highest BCUT2D eigenvalue weighted by Crippen LogP contribution is 2.31. The van der Waals surface area contributed by atoms with Crippen molar-refractivity contribution in [1.82, 2.24) is 0 Å². The van der Waals surface area contributed by atoms with Crippen molar-refractivity contribution in [3.05, 3.63) is 30.3 Å². The molecular weight excluding hydrogens is 296 g/mol. The summed E-state index contributed by atoms with van der Waals surface area (Å²) in [6.45, 7) is 0. The van der Waals surface area contributed by atoms with Crippen LogP contribution in [0.3, 0.4) is 0 Å². The number of hydrogen-bond acceptors (Lipinski definition) is 7. The molecule has 0 fully saturated rings. The Balaban J connectivity index is 2.55. The quantitative estimate of drug-likeness (QED) is 0.341. The summed E-state index contributed by atoms with van der Waals surface area (Å²) >= 11 is 0.706. The first-order valence-electron chi connectivity index (χ1n) is 4.81. The first kappa shape index (κ1) is 14.1. The summed E-state index contributed by atoms with van der Waals surface area (Å²) in [5, 5.41) is 22.0. The molecule has 0 bridgehead atoms. The lowest BCUT2D eigenvalue weighted by Gasteiger charge is -2.05. The molecule has 19 heavy (non-hydrogen) atoms. The van der Waals surface area contributed by atoms with E-state index in [1.54, 1.807) is 12.1 Å². The van der Waals surface area contributed by atoms with Gasteiger partial charge in [-0.15, -0.1) is 4.33 Å². The van der Waals surface area contributed by atoms with Crippen molar-refractivity contribution in [2.24, 2.45) is 0 Å². The van der Waals surface area contributed by atoms with Gasteiger partial charge in [-0.05, 0) is 35.0 Å². The highest BCUT2D eigenvalue weighted by Gasteiger charge is 2.16. The fourth-order valence-corrected chi connectivity index (χ4v) is 2.56. The van der Waals surface area contributed by atoms with Gasteiger partial charge in [-0.2, -0.15) is 8.42 Å². The maximum Gasteiger partial charge on any atom is 0.298 e. The van der Waals surface area contributed by atoms with Gasteiger partial charge < -0.3 is 5.11 Å². The molecule has 0 aliphatic carbocycles. The average molecular weight is 304 g/mol. The Morgan fingerprint density at radius 3 is 2.47 bits per heavy atom. The molecule has 2 aromatic carbocycles. The molecule has 7 nitrogen and oxygen atoms in total. The zero-order valence-corrected chi connectivity index (χ0v) is 10.8. The van der Waals surface area contributed by atoms with Gasteiger partial charge >= 0.3 is 0 Å². The maximum absolute atomic E-state index is 11.1. The van der Waals surface area contributed by atoms with E-state index in [0.717, 1.165) is 6.07 Å². The van der Waals surface area contributed by atoms with E-state index in [9.17, 15) is 13.5 Å². The van der Waals surface area contributed by atoms with Crippen LogP contribution in [0.1, 0.15) is 0 Å². The molecule has 0 atom stereocenters. The van der Waals surface area contributed by atoms with Crippen LogP contribution in [-0.2, 0) is 19.5 Å². The molecule has 0 saturated heterocycles. The topological polar surface area (TPSA) is 113 Å². The SMILES string of the molecule is O=S(=O)(O)c1cc2cc(SOOO)ccc2cc1O. The summed E-state index contributed by atoms with van der Waals surface area (Å²) in [6, 6.07) is 7.09. The number of phenolic OH excluding ortho intramolecular Hbond substituents is 1. The van der Waals surface area contributed by atoms with E-state index in [1.165, 1.54) is 12.1 Å². The molecule has 2 rings (SSSR count). The van der Waals surface area contributed by atoms with Gasteiger partial charge in [0.25, 0.3) is 10.1 Å². The van der Waals surface area contributed by atoms with Crippen molar-refractivity contribution < 1.29 is 32.7 Å². The maximum atomic E-state index is 11.1. The minimum atomic E-state index is -4.51. The summed E-state index contributed by atoms with van der Waals surface area (Å²) < 4.78 is 35.3. The van der Waals surface area contributed by atoms with E-state index in [1.807, 2.05) is 0 Å². The molecule has 0 heterocycles. The standard InChI is InChI=1S/C10H8O7S2/c11-9-4-6-1-2-8(18-17-16-12)3-7(6)5-10(9)19(13,14)15/h1-5,11-12H,(H,13,14,15). The zero-order valence-electron chi connectivity index (χ0n) is 9.18. The third kappa shape index (κ3) is 3.15. The Hall–Kier alpha value is -1.36. The summed E-state index contributed by atoms with van der Waals surface area (Å²) in [5.74, 6) is -0.537. The van der Waals surface area contributed by atoms with Crippen molar-refractivity contribution in [2.75, 3.05) is 0 Å². The smallest absolute Gasteiger partial charge is 0.298 e. The van der Waals surface area contributed by atoms with Crippen LogP contribution < -0.4 is 0 Å². The third-order valence-electron chi connectivity index (χ3n) is 2.33. The van der Waals surface area contributed by atoms with E-state index in [0.29, 0.717) is 27.7 Å². The first-order chi connectivity index (χ1) is 8.91. The Bertz CT molecular complexity index is 711. The lowest BCUT2D eigenvalue weighted by Crippen LogP contribution is -1.98.